The number of hydrogen-bond donors (Lipinski definition) is 1. The maximum atomic E-state index is 13.5. The number of non-ortho nitro benzene ring substituents is 1. The molecule has 1 atom stereocenters. The molecule has 0 bridgehead atoms. The van der Waals surface area contributed by atoms with E-state index in [2.05, 4.69) is 5.43 Å². The van der Waals surface area contributed by atoms with Crippen molar-refractivity contribution in [1.29, 1.82) is 0 Å². The van der Waals surface area contributed by atoms with Crippen LogP contribution in [-0.2, 0) is 11.2 Å². The van der Waals surface area contributed by atoms with E-state index in [-0.39, 0.29) is 31.4 Å². The topological polar surface area (TPSA) is 75.5 Å². The first-order valence-electron chi connectivity index (χ1n) is 7.89. The summed E-state index contributed by atoms with van der Waals surface area (Å²) in [5.41, 5.74) is 1.91. The van der Waals surface area contributed by atoms with Crippen molar-refractivity contribution in [2.75, 3.05) is 0 Å². The van der Waals surface area contributed by atoms with Gasteiger partial charge in [-0.25, -0.2) is 5.01 Å². The molecule has 138 valence electrons. The van der Waals surface area contributed by atoms with E-state index in [0.29, 0.717) is 5.56 Å². The predicted molar refractivity (Wildman–Crippen MR) is 84.6 cm³/mol. The Balaban J connectivity index is 2.05. The second-order valence-electron chi connectivity index (χ2n) is 6.77. The molecule has 2 rings (SSSR count). The van der Waals surface area contributed by atoms with Gasteiger partial charge in [-0.3, -0.25) is 20.3 Å². The normalized spacial score (nSPS) is 18.8. The molecule has 1 unspecified atom stereocenters. The van der Waals surface area contributed by atoms with Gasteiger partial charge in [-0.15, -0.1) is 0 Å². The first-order valence-corrected chi connectivity index (χ1v) is 7.89. The first-order chi connectivity index (χ1) is 11.5. The lowest BCUT2D eigenvalue weighted by atomic mass is 9.97. The number of rotatable bonds is 6. The van der Waals surface area contributed by atoms with Crippen LogP contribution in [0.2, 0.25) is 0 Å². The van der Waals surface area contributed by atoms with Crippen LogP contribution in [0.5, 0.6) is 0 Å². The lowest BCUT2D eigenvalue weighted by Crippen LogP contribution is -2.56. The molecule has 0 radical (unpaired) electrons. The number of alkyl halides is 3. The van der Waals surface area contributed by atoms with Crippen molar-refractivity contribution in [3.63, 3.8) is 0 Å². The zero-order chi connectivity index (χ0) is 18.8. The molecule has 0 saturated carbocycles. The molecule has 0 spiro atoms. The molecule has 1 aromatic carbocycles. The highest BCUT2D eigenvalue weighted by Crippen LogP contribution is 2.35. The molecule has 0 aromatic heterocycles. The van der Waals surface area contributed by atoms with Gasteiger partial charge in [-0.2, -0.15) is 13.2 Å². The number of carbonyl (C=O) groups is 1. The fraction of sp³-hybridized carbons (Fsp3) is 0.562. The van der Waals surface area contributed by atoms with E-state index >= 15 is 0 Å². The summed E-state index contributed by atoms with van der Waals surface area (Å²) in [4.78, 5) is 21.7. The highest BCUT2D eigenvalue weighted by Gasteiger charge is 2.51. The summed E-state index contributed by atoms with van der Waals surface area (Å²) < 4.78 is 40.4. The highest BCUT2D eigenvalue weighted by atomic mass is 19.4. The first kappa shape index (κ1) is 19.2. The van der Waals surface area contributed by atoms with Gasteiger partial charge < -0.3 is 0 Å². The van der Waals surface area contributed by atoms with E-state index in [4.69, 9.17) is 0 Å². The lowest BCUT2D eigenvalue weighted by Gasteiger charge is -2.37. The molecule has 1 N–H and O–H groups in total. The summed E-state index contributed by atoms with van der Waals surface area (Å²) in [5.74, 6) is -0.432. The van der Waals surface area contributed by atoms with Crippen LogP contribution in [0.4, 0.5) is 18.9 Å². The number of amides is 1. The minimum atomic E-state index is -4.49. The minimum absolute atomic E-state index is 0.00442. The number of hydrazine groups is 1. The van der Waals surface area contributed by atoms with Crippen molar-refractivity contribution in [3.8, 4) is 0 Å². The smallest absolute Gasteiger partial charge is 0.288 e. The highest BCUT2D eigenvalue weighted by molar-refractivity contribution is 5.78. The SMILES string of the molecule is CC1(C)CC(=O)NN1C(CCCc1cccc([N+](=O)[O-])c1)C(F)(F)F. The Morgan fingerprint density at radius 1 is 1.40 bits per heavy atom. The number of nitrogens with one attached hydrogen (secondary N) is 1. The van der Waals surface area contributed by atoms with Gasteiger partial charge in [-0.1, -0.05) is 12.1 Å². The van der Waals surface area contributed by atoms with Crippen molar-refractivity contribution < 1.29 is 22.9 Å². The summed E-state index contributed by atoms with van der Waals surface area (Å²) in [7, 11) is 0. The molecule has 9 heteroatoms. The van der Waals surface area contributed by atoms with Crippen LogP contribution in [0.1, 0.15) is 38.7 Å². The maximum absolute atomic E-state index is 13.5. The molecule has 25 heavy (non-hydrogen) atoms. The summed E-state index contributed by atoms with van der Waals surface area (Å²) in [6, 6.07) is 4.07. The molecule has 1 amide bonds. The number of benzene rings is 1. The van der Waals surface area contributed by atoms with Crippen LogP contribution >= 0.6 is 0 Å². The average Bonchev–Trinajstić information content (AvgIpc) is 2.75. The zero-order valence-electron chi connectivity index (χ0n) is 14.0. The molecule has 1 aliphatic heterocycles. The third kappa shape index (κ3) is 4.68. The number of hydrogen-bond acceptors (Lipinski definition) is 4. The van der Waals surface area contributed by atoms with Crippen LogP contribution in [0.3, 0.4) is 0 Å². The third-order valence-electron chi connectivity index (χ3n) is 4.24. The number of nitrogens with zero attached hydrogens (tertiary/aromatic N) is 2. The monoisotopic (exact) mass is 359 g/mol. The molecule has 1 fully saturated rings. The Hall–Kier alpha value is -2.16. The van der Waals surface area contributed by atoms with Crippen LogP contribution in [-0.4, -0.2) is 33.6 Å². The molecule has 1 heterocycles. The molecule has 1 aromatic rings. The second kappa shape index (κ2) is 6.99. The predicted octanol–water partition coefficient (Wildman–Crippen LogP) is 3.36. The van der Waals surface area contributed by atoms with Gasteiger partial charge in [0.25, 0.3) is 5.69 Å². The molecule has 0 aliphatic carbocycles. The van der Waals surface area contributed by atoms with E-state index in [1.165, 1.54) is 18.2 Å². The summed E-state index contributed by atoms with van der Waals surface area (Å²) >= 11 is 0. The minimum Gasteiger partial charge on any atom is -0.288 e. The molecular formula is C16H20F3N3O3. The standard InChI is InChI=1S/C16H20F3N3O3/c1-15(2)10-14(23)20-21(15)13(16(17,18)19)8-4-6-11-5-3-7-12(9-11)22(24)25/h3,5,7,9,13H,4,6,8,10H2,1-2H3,(H,20,23). The number of aryl methyl sites for hydroxylation is 1. The summed E-state index contributed by atoms with van der Waals surface area (Å²) in [6.07, 6.45) is -4.22. The van der Waals surface area contributed by atoms with E-state index in [0.717, 1.165) is 5.01 Å². The second-order valence-corrected chi connectivity index (χ2v) is 6.77. The van der Waals surface area contributed by atoms with Gasteiger partial charge in [0.05, 0.1) is 4.92 Å². The Labute approximate surface area is 143 Å². The van der Waals surface area contributed by atoms with Crippen molar-refractivity contribution >= 4 is 11.6 Å². The Bertz CT molecular complexity index is 662. The van der Waals surface area contributed by atoms with Gasteiger partial charge in [0.1, 0.15) is 6.04 Å². The van der Waals surface area contributed by atoms with Crippen LogP contribution in [0.25, 0.3) is 0 Å². The fourth-order valence-electron chi connectivity index (χ4n) is 3.07. The number of nitro benzene ring substituents is 1. The molecule has 1 saturated heterocycles. The zero-order valence-corrected chi connectivity index (χ0v) is 14.0. The average molecular weight is 359 g/mol. The maximum Gasteiger partial charge on any atom is 0.405 e. The molecular weight excluding hydrogens is 339 g/mol. The van der Waals surface area contributed by atoms with Gasteiger partial charge in [0.15, 0.2) is 0 Å². The van der Waals surface area contributed by atoms with Gasteiger partial charge >= 0.3 is 6.18 Å². The number of halogens is 3. The van der Waals surface area contributed by atoms with Crippen molar-refractivity contribution in [2.45, 2.75) is 57.3 Å². The molecule has 1 aliphatic rings. The summed E-state index contributed by atoms with van der Waals surface area (Å²) in [6.45, 7) is 3.17. The number of nitro groups is 1. The Morgan fingerprint density at radius 2 is 2.08 bits per heavy atom. The van der Waals surface area contributed by atoms with Gasteiger partial charge in [0.2, 0.25) is 5.91 Å². The lowest BCUT2D eigenvalue weighted by molar-refractivity contribution is -0.384. The summed E-state index contributed by atoms with van der Waals surface area (Å²) in [5, 5.41) is 11.7. The van der Waals surface area contributed by atoms with Crippen LogP contribution in [0.15, 0.2) is 24.3 Å². The Morgan fingerprint density at radius 3 is 2.60 bits per heavy atom. The van der Waals surface area contributed by atoms with Crippen molar-refractivity contribution in [1.82, 2.24) is 10.4 Å². The number of carbonyl (C=O) groups excluding carboxylic acids is 1. The van der Waals surface area contributed by atoms with E-state index in [1.54, 1.807) is 19.9 Å². The Kier molecular flexibility index (Phi) is 5.36. The third-order valence-corrected chi connectivity index (χ3v) is 4.24. The van der Waals surface area contributed by atoms with Crippen LogP contribution in [0, 0.1) is 10.1 Å². The fourth-order valence-corrected chi connectivity index (χ4v) is 3.07. The largest absolute Gasteiger partial charge is 0.405 e. The van der Waals surface area contributed by atoms with Crippen molar-refractivity contribution in [3.05, 3.63) is 39.9 Å². The van der Waals surface area contributed by atoms with E-state index in [9.17, 15) is 28.1 Å². The quantitative estimate of drug-likeness (QED) is 0.624. The van der Waals surface area contributed by atoms with E-state index in [1.807, 2.05) is 0 Å². The van der Waals surface area contributed by atoms with Crippen molar-refractivity contribution in [2.24, 2.45) is 0 Å². The van der Waals surface area contributed by atoms with Gasteiger partial charge in [-0.05, 0) is 38.7 Å². The van der Waals surface area contributed by atoms with E-state index < -0.39 is 28.6 Å². The van der Waals surface area contributed by atoms with Crippen LogP contribution < -0.4 is 5.43 Å². The molecule has 6 nitrogen and oxygen atoms in total. The van der Waals surface area contributed by atoms with Gasteiger partial charge in [0, 0.05) is 24.1 Å².